The summed E-state index contributed by atoms with van der Waals surface area (Å²) < 4.78 is 24.5. The summed E-state index contributed by atoms with van der Waals surface area (Å²) in [5, 5.41) is 4.15. The quantitative estimate of drug-likeness (QED) is 0.777. The third-order valence-electron chi connectivity index (χ3n) is 2.24. The predicted octanol–water partition coefficient (Wildman–Crippen LogP) is 1.69. The summed E-state index contributed by atoms with van der Waals surface area (Å²) in [6, 6.07) is 1.83. The van der Waals surface area contributed by atoms with Crippen LogP contribution in [0.5, 0.6) is 0 Å². The van der Waals surface area contributed by atoms with E-state index in [4.69, 9.17) is 0 Å². The minimum atomic E-state index is -3.26. The van der Waals surface area contributed by atoms with Crippen LogP contribution in [0, 0.1) is 6.92 Å². The second-order valence-corrected chi connectivity index (χ2v) is 6.75. The van der Waals surface area contributed by atoms with Crippen LogP contribution in [0.4, 0.5) is 0 Å². The van der Waals surface area contributed by atoms with Crippen molar-refractivity contribution in [1.29, 1.82) is 0 Å². The summed E-state index contributed by atoms with van der Waals surface area (Å²) in [4.78, 5) is 0. The van der Waals surface area contributed by atoms with Gasteiger partial charge in [0.05, 0.1) is 17.1 Å². The van der Waals surface area contributed by atoms with Gasteiger partial charge in [0.15, 0.2) is 0 Å². The highest BCUT2D eigenvalue weighted by Crippen LogP contribution is 2.22. The first-order valence-electron chi connectivity index (χ1n) is 4.99. The van der Waals surface area contributed by atoms with Crippen LogP contribution >= 0.6 is 0 Å². The Balaban J connectivity index is 3.31. The number of nitrogens with zero attached hydrogens (tertiary/aromatic N) is 2. The van der Waals surface area contributed by atoms with E-state index in [0.29, 0.717) is 5.69 Å². The van der Waals surface area contributed by atoms with Gasteiger partial charge in [0.25, 0.3) is 10.0 Å². The van der Waals surface area contributed by atoms with Crippen LogP contribution in [-0.2, 0) is 15.4 Å². The first-order valence-corrected chi connectivity index (χ1v) is 6.60. The Hall–Kier alpha value is -0.840. The van der Waals surface area contributed by atoms with Crippen molar-refractivity contribution in [3.63, 3.8) is 0 Å². The Labute approximate surface area is 91.4 Å². The molecule has 1 aromatic rings. The molecule has 0 radical (unpaired) electrons. The second-order valence-electron chi connectivity index (χ2n) is 4.66. The monoisotopic (exact) mass is 230 g/mol. The van der Waals surface area contributed by atoms with Gasteiger partial charge >= 0.3 is 0 Å². The van der Waals surface area contributed by atoms with Crippen LogP contribution in [0.25, 0.3) is 0 Å². The van der Waals surface area contributed by atoms with Crippen molar-refractivity contribution >= 4 is 10.0 Å². The van der Waals surface area contributed by atoms with E-state index >= 15 is 0 Å². The van der Waals surface area contributed by atoms with Gasteiger partial charge in [-0.2, -0.15) is 9.19 Å². The molecule has 4 nitrogen and oxygen atoms in total. The van der Waals surface area contributed by atoms with Crippen LogP contribution in [0.2, 0.25) is 0 Å². The highest BCUT2D eigenvalue weighted by Gasteiger charge is 2.22. The van der Waals surface area contributed by atoms with Gasteiger partial charge in [-0.1, -0.05) is 20.8 Å². The Morgan fingerprint density at radius 3 is 2.27 bits per heavy atom. The minimum absolute atomic E-state index is 0.0686. The highest BCUT2D eigenvalue weighted by atomic mass is 32.2. The molecule has 0 spiro atoms. The Morgan fingerprint density at radius 2 is 1.93 bits per heavy atom. The lowest BCUT2D eigenvalue weighted by atomic mass is 9.92. The molecule has 86 valence electrons. The number of rotatable bonds is 2. The molecule has 1 rings (SSSR count). The molecular weight excluding hydrogens is 212 g/mol. The molecule has 15 heavy (non-hydrogen) atoms. The van der Waals surface area contributed by atoms with E-state index in [1.54, 1.807) is 13.8 Å². The Kier molecular flexibility index (Phi) is 2.96. The van der Waals surface area contributed by atoms with Crippen LogP contribution in [0.3, 0.4) is 0 Å². The normalized spacial score (nSPS) is 13.1. The van der Waals surface area contributed by atoms with Crippen LogP contribution < -0.4 is 0 Å². The maximum absolute atomic E-state index is 11.7. The SMILES string of the molecule is CCS(=O)(=O)n1nc(C(C)(C)C)cc1C. The maximum Gasteiger partial charge on any atom is 0.253 e. The van der Waals surface area contributed by atoms with Crippen molar-refractivity contribution in [3.8, 4) is 0 Å². The third kappa shape index (κ3) is 2.40. The molecule has 0 amide bonds. The molecule has 0 fully saturated rings. The first kappa shape index (κ1) is 12.2. The summed E-state index contributed by atoms with van der Waals surface area (Å²) in [5.74, 6) is 0.0686. The standard InChI is InChI=1S/C10H18N2O2S/c1-6-15(13,14)12-8(2)7-9(11-12)10(3,4)5/h7H,6H2,1-5H3. The van der Waals surface area contributed by atoms with Crippen molar-refractivity contribution in [2.75, 3.05) is 5.75 Å². The first-order chi connectivity index (χ1) is 6.68. The van der Waals surface area contributed by atoms with Crippen LogP contribution in [0.15, 0.2) is 6.07 Å². The summed E-state index contributed by atoms with van der Waals surface area (Å²) in [6.07, 6.45) is 0. The molecule has 0 aliphatic rings. The molecule has 1 heterocycles. The minimum Gasteiger partial charge on any atom is -0.205 e. The van der Waals surface area contributed by atoms with E-state index in [1.807, 2.05) is 26.8 Å². The fourth-order valence-corrected chi connectivity index (χ4v) is 2.18. The largest absolute Gasteiger partial charge is 0.253 e. The van der Waals surface area contributed by atoms with Crippen molar-refractivity contribution in [1.82, 2.24) is 9.19 Å². The average Bonchev–Trinajstić information content (AvgIpc) is 2.47. The molecule has 0 aliphatic heterocycles. The van der Waals surface area contributed by atoms with Gasteiger partial charge in [-0.3, -0.25) is 0 Å². The van der Waals surface area contributed by atoms with Crippen LogP contribution in [0.1, 0.15) is 39.1 Å². The lowest BCUT2D eigenvalue weighted by molar-refractivity contribution is 0.552. The summed E-state index contributed by atoms with van der Waals surface area (Å²) in [7, 11) is -3.26. The number of aromatic nitrogens is 2. The zero-order chi connectivity index (χ0) is 11.9. The highest BCUT2D eigenvalue weighted by molar-refractivity contribution is 7.89. The molecule has 0 saturated carbocycles. The smallest absolute Gasteiger partial charge is 0.205 e. The van der Waals surface area contributed by atoms with Gasteiger partial charge in [-0.05, 0) is 19.9 Å². The van der Waals surface area contributed by atoms with Gasteiger partial charge in [0.1, 0.15) is 0 Å². The zero-order valence-corrected chi connectivity index (χ0v) is 10.7. The second kappa shape index (κ2) is 3.63. The lowest BCUT2D eigenvalue weighted by Crippen LogP contribution is -2.19. The molecule has 0 atom stereocenters. The predicted molar refractivity (Wildman–Crippen MR) is 60.5 cm³/mol. The molecule has 0 bridgehead atoms. The fourth-order valence-electron chi connectivity index (χ4n) is 1.23. The van der Waals surface area contributed by atoms with E-state index in [1.165, 1.54) is 0 Å². The molecule has 0 aromatic carbocycles. The van der Waals surface area contributed by atoms with Gasteiger partial charge < -0.3 is 0 Å². The van der Waals surface area contributed by atoms with E-state index in [-0.39, 0.29) is 11.2 Å². The molecule has 1 aromatic heterocycles. The molecular formula is C10H18N2O2S. The Bertz CT molecular complexity index is 452. The molecule has 0 N–H and O–H groups in total. The molecule has 5 heteroatoms. The van der Waals surface area contributed by atoms with Crippen molar-refractivity contribution in [3.05, 3.63) is 17.5 Å². The van der Waals surface area contributed by atoms with E-state index in [2.05, 4.69) is 5.10 Å². The molecule has 0 unspecified atom stereocenters. The summed E-state index contributed by atoms with van der Waals surface area (Å²) in [6.45, 7) is 9.41. The molecule has 0 saturated heterocycles. The van der Waals surface area contributed by atoms with Crippen molar-refractivity contribution in [2.45, 2.75) is 40.0 Å². The van der Waals surface area contributed by atoms with E-state index in [0.717, 1.165) is 9.78 Å². The van der Waals surface area contributed by atoms with E-state index < -0.39 is 10.0 Å². The van der Waals surface area contributed by atoms with Crippen molar-refractivity contribution in [2.24, 2.45) is 0 Å². The van der Waals surface area contributed by atoms with Gasteiger partial charge in [-0.15, -0.1) is 0 Å². The third-order valence-corrected chi connectivity index (χ3v) is 3.87. The number of aryl methyl sites for hydroxylation is 1. The summed E-state index contributed by atoms with van der Waals surface area (Å²) >= 11 is 0. The maximum atomic E-state index is 11.7. The summed E-state index contributed by atoms with van der Waals surface area (Å²) in [5.41, 5.74) is 1.35. The van der Waals surface area contributed by atoms with E-state index in [9.17, 15) is 8.42 Å². The van der Waals surface area contributed by atoms with Gasteiger partial charge in [-0.25, -0.2) is 8.42 Å². The van der Waals surface area contributed by atoms with Gasteiger partial charge in [0.2, 0.25) is 0 Å². The van der Waals surface area contributed by atoms with Gasteiger partial charge in [0, 0.05) is 5.41 Å². The lowest BCUT2D eigenvalue weighted by Gasteiger charge is -2.14. The topological polar surface area (TPSA) is 52.0 Å². The Morgan fingerprint density at radius 1 is 1.40 bits per heavy atom. The average molecular weight is 230 g/mol. The van der Waals surface area contributed by atoms with Crippen molar-refractivity contribution < 1.29 is 8.42 Å². The van der Waals surface area contributed by atoms with Crippen LogP contribution in [-0.4, -0.2) is 23.4 Å². The number of hydrogen-bond acceptors (Lipinski definition) is 3. The molecule has 0 aliphatic carbocycles. The number of hydrogen-bond donors (Lipinski definition) is 0. The zero-order valence-electron chi connectivity index (χ0n) is 9.90. The fraction of sp³-hybridized carbons (Fsp3) is 0.700.